The summed E-state index contributed by atoms with van der Waals surface area (Å²) in [7, 11) is 1.33. The first-order valence-corrected chi connectivity index (χ1v) is 8.20. The second-order valence-electron chi connectivity index (χ2n) is 5.95. The predicted molar refractivity (Wildman–Crippen MR) is 89.8 cm³/mol. The van der Waals surface area contributed by atoms with Crippen LogP contribution in [0.25, 0.3) is 11.0 Å². The van der Waals surface area contributed by atoms with Crippen molar-refractivity contribution in [2.24, 2.45) is 5.92 Å². The molecule has 7 heteroatoms. The van der Waals surface area contributed by atoms with E-state index in [9.17, 15) is 9.59 Å². The summed E-state index contributed by atoms with van der Waals surface area (Å²) in [4.78, 5) is 32.5. The van der Waals surface area contributed by atoms with E-state index in [0.29, 0.717) is 22.3 Å². The zero-order valence-electron chi connectivity index (χ0n) is 13.6. The van der Waals surface area contributed by atoms with Gasteiger partial charge in [0.1, 0.15) is 0 Å². The summed E-state index contributed by atoms with van der Waals surface area (Å²) < 4.78 is 4.76. The van der Waals surface area contributed by atoms with E-state index >= 15 is 0 Å². The summed E-state index contributed by atoms with van der Waals surface area (Å²) >= 11 is 6.18. The molecule has 6 nitrogen and oxygen atoms in total. The summed E-state index contributed by atoms with van der Waals surface area (Å²) in [5.41, 5.74) is 2.83. The molecule has 1 aromatic carbocycles. The van der Waals surface area contributed by atoms with Crippen molar-refractivity contribution < 1.29 is 14.3 Å². The average molecular weight is 348 g/mol. The van der Waals surface area contributed by atoms with Crippen LogP contribution in [0.5, 0.6) is 0 Å². The Hall–Kier alpha value is -2.21. The summed E-state index contributed by atoms with van der Waals surface area (Å²) in [6, 6.07) is 3.38. The molecule has 3 rings (SSSR count). The Morgan fingerprint density at radius 3 is 2.62 bits per heavy atom. The predicted octanol–water partition coefficient (Wildman–Crippen LogP) is 2.79. The second kappa shape index (κ2) is 6.73. The minimum absolute atomic E-state index is 0.0384. The molecule has 0 aliphatic heterocycles. The molecule has 1 aliphatic rings. The normalized spacial score (nSPS) is 14.3. The van der Waals surface area contributed by atoms with Crippen molar-refractivity contribution in [1.82, 2.24) is 15.3 Å². The van der Waals surface area contributed by atoms with E-state index in [2.05, 4.69) is 15.3 Å². The Labute approximate surface area is 144 Å². The van der Waals surface area contributed by atoms with Crippen molar-refractivity contribution in [2.75, 3.05) is 7.11 Å². The van der Waals surface area contributed by atoms with Crippen LogP contribution in [0.1, 0.15) is 40.9 Å². The van der Waals surface area contributed by atoms with Gasteiger partial charge in [-0.2, -0.15) is 0 Å². The maximum atomic E-state index is 11.9. The lowest BCUT2D eigenvalue weighted by Gasteiger charge is -2.24. The molecular weight excluding hydrogens is 330 g/mol. The second-order valence-corrected chi connectivity index (χ2v) is 6.31. The van der Waals surface area contributed by atoms with Crippen molar-refractivity contribution in [3.8, 4) is 0 Å². The highest BCUT2D eigenvalue weighted by molar-refractivity contribution is 6.30. The molecule has 1 amide bonds. The lowest BCUT2D eigenvalue weighted by atomic mass is 9.85. The summed E-state index contributed by atoms with van der Waals surface area (Å²) in [6.07, 6.45) is 2.99. The SMILES string of the molecule is COC(=O)c1cc2nc(Cl)c(CNC(=O)C3CCC3)nc2cc1C. The fourth-order valence-corrected chi connectivity index (χ4v) is 2.85. The number of aryl methyl sites for hydroxylation is 1. The zero-order chi connectivity index (χ0) is 17.3. The maximum absolute atomic E-state index is 11.9. The first kappa shape index (κ1) is 16.6. The molecule has 1 aromatic heterocycles. The number of methoxy groups -OCH3 is 1. The Morgan fingerprint density at radius 2 is 2.00 bits per heavy atom. The third kappa shape index (κ3) is 3.19. The van der Waals surface area contributed by atoms with Gasteiger partial charge < -0.3 is 10.1 Å². The van der Waals surface area contributed by atoms with Gasteiger partial charge in [-0.05, 0) is 37.5 Å². The number of ether oxygens (including phenoxy) is 1. The molecule has 0 bridgehead atoms. The van der Waals surface area contributed by atoms with Crippen LogP contribution in [0.3, 0.4) is 0 Å². The lowest BCUT2D eigenvalue weighted by Crippen LogP contribution is -2.34. The molecule has 0 spiro atoms. The lowest BCUT2D eigenvalue weighted by molar-refractivity contribution is -0.127. The van der Waals surface area contributed by atoms with Gasteiger partial charge in [-0.25, -0.2) is 14.8 Å². The van der Waals surface area contributed by atoms with Gasteiger partial charge >= 0.3 is 5.97 Å². The van der Waals surface area contributed by atoms with Crippen LogP contribution in [0.15, 0.2) is 12.1 Å². The minimum Gasteiger partial charge on any atom is -0.465 e. The molecule has 0 radical (unpaired) electrons. The number of amides is 1. The molecule has 0 atom stereocenters. The zero-order valence-corrected chi connectivity index (χ0v) is 14.3. The number of carbonyl (C=O) groups excluding carboxylic acids is 2. The number of carbonyl (C=O) groups is 2. The number of rotatable bonds is 4. The molecule has 0 saturated heterocycles. The van der Waals surface area contributed by atoms with Crippen molar-refractivity contribution >= 4 is 34.5 Å². The van der Waals surface area contributed by atoms with Crippen LogP contribution >= 0.6 is 11.6 Å². The monoisotopic (exact) mass is 347 g/mol. The number of fused-ring (bicyclic) bond motifs is 1. The van der Waals surface area contributed by atoms with Crippen molar-refractivity contribution in [3.05, 3.63) is 34.1 Å². The Kier molecular flexibility index (Phi) is 4.66. The van der Waals surface area contributed by atoms with E-state index in [1.165, 1.54) is 7.11 Å². The van der Waals surface area contributed by atoms with Crippen LogP contribution in [0.4, 0.5) is 0 Å². The van der Waals surface area contributed by atoms with Gasteiger partial charge in [-0.1, -0.05) is 18.0 Å². The number of nitrogens with one attached hydrogen (secondary N) is 1. The fourth-order valence-electron chi connectivity index (χ4n) is 2.65. The standard InChI is InChI=1S/C17H18ClN3O3/c1-9-6-12-13(7-11(9)17(23)24-2)21-15(18)14(20-12)8-19-16(22)10-4-3-5-10/h6-7,10H,3-5,8H2,1-2H3,(H,19,22). The molecule has 126 valence electrons. The number of aromatic nitrogens is 2. The van der Waals surface area contributed by atoms with Crippen molar-refractivity contribution in [2.45, 2.75) is 32.7 Å². The van der Waals surface area contributed by atoms with Crippen molar-refractivity contribution in [1.29, 1.82) is 0 Å². The van der Waals surface area contributed by atoms with E-state index in [-0.39, 0.29) is 23.5 Å². The van der Waals surface area contributed by atoms with E-state index in [0.717, 1.165) is 24.8 Å². The topological polar surface area (TPSA) is 81.2 Å². The van der Waals surface area contributed by atoms with Gasteiger partial charge in [0.15, 0.2) is 5.15 Å². The maximum Gasteiger partial charge on any atom is 0.338 e. The third-order valence-corrected chi connectivity index (χ3v) is 4.65. The molecule has 1 fully saturated rings. The van der Waals surface area contributed by atoms with E-state index in [1.807, 2.05) is 0 Å². The van der Waals surface area contributed by atoms with Gasteiger partial charge in [0.2, 0.25) is 5.91 Å². The van der Waals surface area contributed by atoms with Crippen LogP contribution < -0.4 is 5.32 Å². The summed E-state index contributed by atoms with van der Waals surface area (Å²) in [5.74, 6) is -0.275. The molecule has 1 heterocycles. The first-order valence-electron chi connectivity index (χ1n) is 7.82. The number of benzene rings is 1. The Morgan fingerprint density at radius 1 is 1.29 bits per heavy atom. The van der Waals surface area contributed by atoms with Crippen LogP contribution in [-0.2, 0) is 16.1 Å². The van der Waals surface area contributed by atoms with E-state index in [4.69, 9.17) is 16.3 Å². The number of halogens is 1. The van der Waals surface area contributed by atoms with Crippen LogP contribution in [0.2, 0.25) is 5.15 Å². The number of hydrogen-bond acceptors (Lipinski definition) is 5. The van der Waals surface area contributed by atoms with Gasteiger partial charge in [0.05, 0.1) is 35.9 Å². The quantitative estimate of drug-likeness (QED) is 0.860. The largest absolute Gasteiger partial charge is 0.465 e. The third-order valence-electron chi connectivity index (χ3n) is 4.35. The van der Waals surface area contributed by atoms with Gasteiger partial charge in [-0.15, -0.1) is 0 Å². The Bertz CT molecular complexity index is 818. The molecule has 0 unspecified atom stereocenters. The average Bonchev–Trinajstić information content (AvgIpc) is 2.50. The van der Waals surface area contributed by atoms with Gasteiger partial charge in [0, 0.05) is 5.92 Å². The minimum atomic E-state index is -0.427. The molecule has 2 aromatic rings. The van der Waals surface area contributed by atoms with Gasteiger partial charge in [-0.3, -0.25) is 4.79 Å². The van der Waals surface area contributed by atoms with E-state index in [1.54, 1.807) is 19.1 Å². The van der Waals surface area contributed by atoms with Crippen LogP contribution in [0, 0.1) is 12.8 Å². The number of esters is 1. The molecule has 1 saturated carbocycles. The smallest absolute Gasteiger partial charge is 0.338 e. The Balaban J connectivity index is 1.86. The molecule has 1 N–H and O–H groups in total. The molecule has 24 heavy (non-hydrogen) atoms. The summed E-state index contributed by atoms with van der Waals surface area (Å²) in [5, 5.41) is 3.08. The first-order chi connectivity index (χ1) is 11.5. The van der Waals surface area contributed by atoms with Crippen molar-refractivity contribution in [3.63, 3.8) is 0 Å². The molecule has 1 aliphatic carbocycles. The highest BCUT2D eigenvalue weighted by atomic mass is 35.5. The molecular formula is C17H18ClN3O3. The highest BCUT2D eigenvalue weighted by Gasteiger charge is 2.25. The number of nitrogens with zero attached hydrogens (tertiary/aromatic N) is 2. The highest BCUT2D eigenvalue weighted by Crippen LogP contribution is 2.26. The summed E-state index contributed by atoms with van der Waals surface area (Å²) in [6.45, 7) is 2.05. The van der Waals surface area contributed by atoms with Gasteiger partial charge in [0.25, 0.3) is 0 Å². The van der Waals surface area contributed by atoms with Crippen LogP contribution in [-0.4, -0.2) is 29.0 Å². The fraction of sp³-hybridized carbons (Fsp3) is 0.412. The number of hydrogen-bond donors (Lipinski definition) is 1. The van der Waals surface area contributed by atoms with E-state index < -0.39 is 5.97 Å².